The number of furan rings is 1. The number of morpholine rings is 1. The molecule has 7 heterocycles. The van der Waals surface area contributed by atoms with Gasteiger partial charge in [0.25, 0.3) is 12.3 Å². The lowest BCUT2D eigenvalue weighted by Gasteiger charge is -2.55. The number of carbonyl (C=O) groups is 4. The van der Waals surface area contributed by atoms with Gasteiger partial charge in [0.1, 0.15) is 11.4 Å². The van der Waals surface area contributed by atoms with E-state index < -0.39 is 29.9 Å². The molecule has 322 valence electrons. The molecule has 3 saturated heterocycles. The van der Waals surface area contributed by atoms with Gasteiger partial charge in [-0.25, -0.2) is 18.3 Å². The number of nitrogens with zero attached hydrogens (tertiary/aromatic N) is 8. The molecule has 4 aliphatic rings. The number of benzene rings is 1. The van der Waals surface area contributed by atoms with Gasteiger partial charge in [-0.2, -0.15) is 10.2 Å². The highest BCUT2D eigenvalue weighted by Gasteiger charge is 2.48. The average molecular weight is 842 g/mol. The van der Waals surface area contributed by atoms with Crippen LogP contribution in [-0.2, 0) is 19.1 Å². The van der Waals surface area contributed by atoms with Crippen LogP contribution in [0.1, 0.15) is 85.4 Å². The van der Waals surface area contributed by atoms with Crippen molar-refractivity contribution in [2.45, 2.75) is 76.0 Å². The van der Waals surface area contributed by atoms with Crippen LogP contribution >= 0.6 is 0 Å². The molecule has 5 aromatic rings. The molecule has 4 aromatic heterocycles. The molecule has 1 saturated carbocycles. The highest BCUT2D eigenvalue weighted by Crippen LogP contribution is 2.38. The van der Waals surface area contributed by atoms with Gasteiger partial charge < -0.3 is 29.6 Å². The molecule has 0 spiro atoms. The number of hydrogen-bond acceptors (Lipinski definition) is 12. The fraction of sp³-hybridized carbons (Fsp3) is 0.500. The Labute approximate surface area is 349 Å². The molecule has 1 aliphatic carbocycles. The Kier molecular flexibility index (Phi) is 11.5. The lowest BCUT2D eigenvalue weighted by molar-refractivity contribution is -0.126. The zero-order valence-electron chi connectivity index (χ0n) is 33.8. The van der Waals surface area contributed by atoms with Crippen LogP contribution < -0.4 is 20.9 Å². The SMILES string of the molecule is CCCC(C(=O)NC=O)c1coc2c(NC(=O)CN3CCN(CC4CCC(n5cc(NC(=O)c6cnn7ccc(N8CC9OCC98)nc67)c(C(F)F)n5)CC4)CC3)cccc12. The van der Waals surface area contributed by atoms with Gasteiger partial charge in [-0.15, -0.1) is 0 Å². The fourth-order valence-electron chi connectivity index (χ4n) is 9.26. The van der Waals surface area contributed by atoms with Crippen molar-refractivity contribution >= 4 is 57.9 Å². The number of hydrogen-bond donors (Lipinski definition) is 3. The van der Waals surface area contributed by atoms with E-state index in [1.165, 1.54) is 23.2 Å². The van der Waals surface area contributed by atoms with Crippen LogP contribution in [0.4, 0.5) is 26.0 Å². The Balaban J connectivity index is 0.747. The van der Waals surface area contributed by atoms with Crippen LogP contribution in [0.2, 0.25) is 0 Å². The van der Waals surface area contributed by atoms with Crippen molar-refractivity contribution in [2.24, 2.45) is 5.92 Å². The van der Waals surface area contributed by atoms with Crippen molar-refractivity contribution in [3.05, 3.63) is 65.9 Å². The molecule has 0 bridgehead atoms. The summed E-state index contributed by atoms with van der Waals surface area (Å²) >= 11 is 0. The maximum atomic E-state index is 14.3. The van der Waals surface area contributed by atoms with Crippen molar-refractivity contribution in [1.29, 1.82) is 0 Å². The number of aromatic nitrogens is 5. The summed E-state index contributed by atoms with van der Waals surface area (Å²) in [5, 5.41) is 17.1. The second-order valence-corrected chi connectivity index (χ2v) is 16.5. The van der Waals surface area contributed by atoms with Gasteiger partial charge in [0.15, 0.2) is 16.9 Å². The van der Waals surface area contributed by atoms with Gasteiger partial charge in [-0.05, 0) is 50.2 Å². The molecule has 19 heteroatoms. The van der Waals surface area contributed by atoms with Gasteiger partial charge in [-0.1, -0.05) is 25.5 Å². The lowest BCUT2D eigenvalue weighted by Crippen LogP contribution is -2.71. The number of nitrogens with one attached hydrogen (secondary N) is 3. The smallest absolute Gasteiger partial charge is 0.284 e. The third-order valence-corrected chi connectivity index (χ3v) is 12.7. The Bertz CT molecular complexity index is 2420. The number of ether oxygens (including phenoxy) is 1. The topological polar surface area (TPSA) is 184 Å². The number of alkyl halides is 2. The summed E-state index contributed by atoms with van der Waals surface area (Å²) in [7, 11) is 0. The summed E-state index contributed by atoms with van der Waals surface area (Å²) in [4.78, 5) is 61.6. The molecule has 17 nitrogen and oxygen atoms in total. The zero-order chi connectivity index (χ0) is 42.2. The van der Waals surface area contributed by atoms with E-state index >= 15 is 0 Å². The van der Waals surface area contributed by atoms with Crippen LogP contribution in [-0.4, -0.2) is 123 Å². The first-order chi connectivity index (χ1) is 29.7. The van der Waals surface area contributed by atoms with Crippen LogP contribution in [0.25, 0.3) is 16.6 Å². The minimum absolute atomic E-state index is 0.0213. The number of anilines is 3. The molecule has 1 aromatic carbocycles. The molecular formula is C42H49F2N11O6. The molecule has 3 N–H and O–H groups in total. The molecular weight excluding hydrogens is 793 g/mol. The number of amides is 4. The number of rotatable bonds is 15. The minimum atomic E-state index is -2.87. The monoisotopic (exact) mass is 841 g/mol. The molecule has 0 radical (unpaired) electrons. The van der Waals surface area contributed by atoms with Crippen molar-refractivity contribution in [2.75, 3.05) is 68.0 Å². The fourth-order valence-corrected chi connectivity index (χ4v) is 9.26. The summed E-state index contributed by atoms with van der Waals surface area (Å²) in [6, 6.07) is 7.47. The summed E-state index contributed by atoms with van der Waals surface area (Å²) < 4.78 is 42.9. The van der Waals surface area contributed by atoms with Crippen LogP contribution in [0.3, 0.4) is 0 Å². The Morgan fingerprint density at radius 1 is 1.02 bits per heavy atom. The Hall–Kier alpha value is -5.79. The van der Waals surface area contributed by atoms with E-state index in [0.717, 1.165) is 71.4 Å². The van der Waals surface area contributed by atoms with Crippen molar-refractivity contribution < 1.29 is 37.1 Å². The van der Waals surface area contributed by atoms with E-state index in [0.29, 0.717) is 59.0 Å². The van der Waals surface area contributed by atoms with Gasteiger partial charge in [-0.3, -0.25) is 34.1 Å². The second-order valence-electron chi connectivity index (χ2n) is 16.5. The molecule has 9 rings (SSSR count). The predicted octanol–water partition coefficient (Wildman–Crippen LogP) is 4.59. The van der Waals surface area contributed by atoms with Crippen LogP contribution in [0.5, 0.6) is 0 Å². The molecule has 3 aliphatic heterocycles. The summed E-state index contributed by atoms with van der Waals surface area (Å²) in [6.45, 7) is 7.60. The minimum Gasteiger partial charge on any atom is -0.462 e. The highest BCUT2D eigenvalue weighted by atomic mass is 19.3. The number of carbonyl (C=O) groups excluding carboxylic acids is 4. The zero-order valence-corrected chi connectivity index (χ0v) is 33.8. The first-order valence-electron chi connectivity index (χ1n) is 21.1. The maximum absolute atomic E-state index is 14.3. The van der Waals surface area contributed by atoms with E-state index in [1.54, 1.807) is 16.9 Å². The summed E-state index contributed by atoms with van der Waals surface area (Å²) in [6.07, 6.45) is 8.58. The third-order valence-electron chi connectivity index (χ3n) is 12.7. The van der Waals surface area contributed by atoms with Crippen molar-refractivity contribution in [3.8, 4) is 0 Å². The first kappa shape index (κ1) is 40.6. The average Bonchev–Trinajstić information content (AvgIpc) is 4.00. The second kappa shape index (κ2) is 17.3. The van der Waals surface area contributed by atoms with Crippen LogP contribution in [0, 0.1) is 5.92 Å². The Morgan fingerprint density at radius 3 is 2.52 bits per heavy atom. The van der Waals surface area contributed by atoms with Gasteiger partial charge in [0.2, 0.25) is 18.2 Å². The molecule has 61 heavy (non-hydrogen) atoms. The van der Waals surface area contributed by atoms with E-state index in [-0.39, 0.29) is 41.9 Å². The van der Waals surface area contributed by atoms with E-state index in [2.05, 4.69) is 45.8 Å². The van der Waals surface area contributed by atoms with Crippen molar-refractivity contribution in [1.82, 2.24) is 39.5 Å². The third kappa shape index (κ3) is 8.20. The van der Waals surface area contributed by atoms with Gasteiger partial charge in [0.05, 0.1) is 61.1 Å². The number of fused-ring (bicyclic) bond motifs is 3. The highest BCUT2D eigenvalue weighted by molar-refractivity contribution is 6.08. The van der Waals surface area contributed by atoms with E-state index in [4.69, 9.17) is 9.15 Å². The van der Waals surface area contributed by atoms with E-state index in [9.17, 15) is 28.0 Å². The van der Waals surface area contributed by atoms with Crippen molar-refractivity contribution in [3.63, 3.8) is 0 Å². The lowest BCUT2D eigenvalue weighted by atomic mass is 9.85. The summed E-state index contributed by atoms with van der Waals surface area (Å²) in [5.41, 5.74) is 1.72. The quantitative estimate of drug-likeness (QED) is 0.125. The molecule has 3 atom stereocenters. The van der Waals surface area contributed by atoms with Gasteiger partial charge >= 0.3 is 0 Å². The number of imide groups is 1. The van der Waals surface area contributed by atoms with E-state index in [1.807, 2.05) is 25.1 Å². The summed E-state index contributed by atoms with van der Waals surface area (Å²) in [5.74, 6) is -0.526. The molecule has 4 amide bonds. The number of piperazine rings is 1. The predicted molar refractivity (Wildman–Crippen MR) is 220 cm³/mol. The van der Waals surface area contributed by atoms with Gasteiger partial charge in [0, 0.05) is 62.6 Å². The first-order valence-corrected chi connectivity index (χ1v) is 21.1. The number of halogens is 2. The normalized spacial score (nSPS) is 22.4. The number of para-hydroxylation sites is 1. The Morgan fingerprint density at radius 2 is 1.82 bits per heavy atom. The molecule has 3 unspecified atom stereocenters. The standard InChI is InChI=1S/C42H49F2N11O6/c1-2-4-28(41(58)45-24-56)30-22-61-38-27(30)5-3-6-31(38)47-36(57)21-52-15-13-51(14-16-52)18-25-7-9-26(10-8-25)55-19-32(37(50-55)39(43)44)48-42(59)29-17-46-54-12-11-35(49-40(29)54)53-20-34-33(53)23-60-34/h3,5-6,11-12,17,19,22,24-26,28,33-34,39H,2,4,7-10,13-16,18,20-21,23H2,1H3,(H,47,57)(H,48,59)(H,45,56,58). The maximum Gasteiger partial charge on any atom is 0.284 e. The largest absolute Gasteiger partial charge is 0.462 e. The molecule has 4 fully saturated rings. The van der Waals surface area contributed by atoms with Crippen LogP contribution in [0.15, 0.2) is 53.5 Å².